The van der Waals surface area contributed by atoms with Gasteiger partial charge >= 0.3 is 0 Å². The highest BCUT2D eigenvalue weighted by atomic mass is 35.5. The number of hydrogen-bond donors (Lipinski definition) is 0. The lowest BCUT2D eigenvalue weighted by Gasteiger charge is -2.13. The Labute approximate surface area is 107 Å². The number of sulfone groups is 1. The fraction of sp³-hybridized carbons (Fsp3) is 0.417. The molecule has 0 amide bonds. The molecule has 0 aliphatic heterocycles. The van der Waals surface area contributed by atoms with E-state index >= 15 is 0 Å². The van der Waals surface area contributed by atoms with Crippen molar-refractivity contribution in [2.24, 2.45) is 0 Å². The summed E-state index contributed by atoms with van der Waals surface area (Å²) in [7, 11) is -3.32. The van der Waals surface area contributed by atoms with Crippen molar-refractivity contribution in [3.8, 4) is 6.07 Å². The molecule has 1 unspecified atom stereocenters. The zero-order valence-corrected chi connectivity index (χ0v) is 11.1. The van der Waals surface area contributed by atoms with Crippen LogP contribution < -0.4 is 0 Å². The summed E-state index contributed by atoms with van der Waals surface area (Å²) >= 11 is 5.93. The molecule has 1 atom stereocenters. The van der Waals surface area contributed by atoms with Crippen LogP contribution in [-0.2, 0) is 15.6 Å². The van der Waals surface area contributed by atoms with Gasteiger partial charge in [0, 0.05) is 5.02 Å². The molecule has 0 saturated carbocycles. The van der Waals surface area contributed by atoms with Crippen molar-refractivity contribution in [3.05, 3.63) is 34.9 Å². The Morgan fingerprint density at radius 3 is 2.59 bits per heavy atom. The Bertz CT molecular complexity index is 520. The summed E-state index contributed by atoms with van der Waals surface area (Å²) in [5, 5.41) is 8.45. The normalized spacial score (nSPS) is 13.0. The van der Waals surface area contributed by atoms with Crippen molar-refractivity contribution in [2.45, 2.75) is 30.8 Å². The van der Waals surface area contributed by atoms with E-state index in [2.05, 4.69) is 0 Å². The molecule has 92 valence electrons. The zero-order valence-electron chi connectivity index (χ0n) is 9.56. The molecular weight excluding hydrogens is 258 g/mol. The van der Waals surface area contributed by atoms with Gasteiger partial charge in [0.25, 0.3) is 0 Å². The van der Waals surface area contributed by atoms with Crippen LogP contribution in [0.2, 0.25) is 5.02 Å². The summed E-state index contributed by atoms with van der Waals surface area (Å²) < 4.78 is 24.1. The molecule has 0 spiro atoms. The maximum atomic E-state index is 12.1. The second kappa shape index (κ2) is 6.04. The topological polar surface area (TPSA) is 57.9 Å². The number of nitrogens with zero attached hydrogens (tertiary/aromatic N) is 1. The minimum Gasteiger partial charge on any atom is -0.228 e. The van der Waals surface area contributed by atoms with Gasteiger partial charge in [-0.3, -0.25) is 0 Å². The third-order valence-electron chi connectivity index (χ3n) is 2.60. The van der Waals surface area contributed by atoms with Crippen molar-refractivity contribution >= 4 is 21.4 Å². The van der Waals surface area contributed by atoms with Gasteiger partial charge in [-0.2, -0.15) is 5.26 Å². The SMILES string of the molecule is CCC(CC#N)S(=O)(=O)Cc1ccccc1Cl. The van der Waals surface area contributed by atoms with Gasteiger partial charge in [-0.05, 0) is 18.1 Å². The Morgan fingerprint density at radius 2 is 2.06 bits per heavy atom. The first-order chi connectivity index (χ1) is 8.01. The van der Waals surface area contributed by atoms with E-state index in [9.17, 15) is 8.42 Å². The summed E-state index contributed by atoms with van der Waals surface area (Å²) in [5.41, 5.74) is 0.588. The molecule has 3 nitrogen and oxygen atoms in total. The van der Waals surface area contributed by atoms with Gasteiger partial charge in [0.2, 0.25) is 0 Å². The van der Waals surface area contributed by atoms with E-state index < -0.39 is 15.1 Å². The second-order valence-corrected chi connectivity index (χ2v) is 6.48. The lowest BCUT2D eigenvalue weighted by molar-refractivity contribution is 0.575. The molecule has 5 heteroatoms. The summed E-state index contributed by atoms with van der Waals surface area (Å²) in [6.45, 7) is 1.77. The minimum atomic E-state index is -3.32. The van der Waals surface area contributed by atoms with Gasteiger partial charge in [0.1, 0.15) is 0 Å². The molecule has 0 bridgehead atoms. The minimum absolute atomic E-state index is 0.0310. The molecule has 1 aromatic carbocycles. The van der Waals surface area contributed by atoms with Crippen molar-refractivity contribution in [2.75, 3.05) is 0 Å². The third kappa shape index (κ3) is 3.72. The molecule has 0 aliphatic rings. The Balaban J connectivity index is 2.94. The average Bonchev–Trinajstić information content (AvgIpc) is 2.28. The van der Waals surface area contributed by atoms with Gasteiger partial charge < -0.3 is 0 Å². The Hall–Kier alpha value is -1.05. The Morgan fingerprint density at radius 1 is 1.41 bits per heavy atom. The summed E-state index contributed by atoms with van der Waals surface area (Å²) in [6.07, 6.45) is 0.476. The molecule has 0 N–H and O–H groups in total. The molecule has 17 heavy (non-hydrogen) atoms. The van der Waals surface area contributed by atoms with Crippen molar-refractivity contribution in [1.82, 2.24) is 0 Å². The van der Waals surface area contributed by atoms with E-state index in [0.717, 1.165) is 0 Å². The van der Waals surface area contributed by atoms with E-state index in [1.165, 1.54) is 0 Å². The maximum absolute atomic E-state index is 12.1. The molecule has 1 rings (SSSR count). The van der Waals surface area contributed by atoms with E-state index in [1.807, 2.05) is 6.07 Å². The van der Waals surface area contributed by atoms with Crippen LogP contribution in [0.1, 0.15) is 25.3 Å². The van der Waals surface area contributed by atoms with Gasteiger partial charge in [-0.25, -0.2) is 8.42 Å². The van der Waals surface area contributed by atoms with Gasteiger partial charge in [0.15, 0.2) is 9.84 Å². The first kappa shape index (κ1) is 14.0. The maximum Gasteiger partial charge on any atom is 0.158 e. The molecule has 0 heterocycles. The molecule has 0 aromatic heterocycles. The van der Waals surface area contributed by atoms with Gasteiger partial charge in [0.05, 0.1) is 23.5 Å². The fourth-order valence-electron chi connectivity index (χ4n) is 1.58. The number of benzene rings is 1. The van der Waals surface area contributed by atoms with Crippen molar-refractivity contribution in [1.29, 1.82) is 5.26 Å². The van der Waals surface area contributed by atoms with E-state index in [1.54, 1.807) is 31.2 Å². The first-order valence-electron chi connectivity index (χ1n) is 5.33. The van der Waals surface area contributed by atoms with Gasteiger partial charge in [-0.1, -0.05) is 36.7 Å². The van der Waals surface area contributed by atoms with Gasteiger partial charge in [-0.15, -0.1) is 0 Å². The van der Waals surface area contributed by atoms with Crippen LogP contribution in [0, 0.1) is 11.3 Å². The largest absolute Gasteiger partial charge is 0.228 e. The molecule has 0 aliphatic carbocycles. The highest BCUT2D eigenvalue weighted by Crippen LogP contribution is 2.21. The van der Waals surface area contributed by atoms with Crippen LogP contribution in [0.25, 0.3) is 0 Å². The predicted octanol–water partition coefficient (Wildman–Crippen LogP) is 2.95. The molecule has 0 radical (unpaired) electrons. The molecule has 0 saturated heterocycles. The standard InChI is InChI=1S/C12H14ClNO2S/c1-2-11(7-8-14)17(15,16)9-10-5-3-4-6-12(10)13/h3-6,11H,2,7,9H2,1H3. The quantitative estimate of drug-likeness (QED) is 0.827. The fourth-order valence-corrected chi connectivity index (χ4v) is 3.62. The first-order valence-corrected chi connectivity index (χ1v) is 7.42. The summed E-state index contributed by atoms with van der Waals surface area (Å²) in [5.74, 6) is -0.104. The van der Waals surface area contributed by atoms with E-state index in [4.69, 9.17) is 16.9 Å². The van der Waals surface area contributed by atoms with Crippen LogP contribution in [0.15, 0.2) is 24.3 Å². The third-order valence-corrected chi connectivity index (χ3v) is 5.19. The molecular formula is C12H14ClNO2S. The number of halogens is 1. The van der Waals surface area contributed by atoms with Crippen LogP contribution in [-0.4, -0.2) is 13.7 Å². The zero-order chi connectivity index (χ0) is 12.9. The summed E-state index contributed by atoms with van der Waals surface area (Å²) in [4.78, 5) is 0. The lowest BCUT2D eigenvalue weighted by atomic mass is 10.2. The molecule has 0 fully saturated rings. The highest BCUT2D eigenvalue weighted by Gasteiger charge is 2.24. The lowest BCUT2D eigenvalue weighted by Crippen LogP contribution is -2.21. The second-order valence-electron chi connectivity index (χ2n) is 3.79. The van der Waals surface area contributed by atoms with Crippen LogP contribution >= 0.6 is 11.6 Å². The van der Waals surface area contributed by atoms with Crippen LogP contribution in [0.3, 0.4) is 0 Å². The van der Waals surface area contributed by atoms with E-state index in [-0.39, 0.29) is 12.2 Å². The average molecular weight is 272 g/mol. The predicted molar refractivity (Wildman–Crippen MR) is 68.4 cm³/mol. The number of nitriles is 1. The highest BCUT2D eigenvalue weighted by molar-refractivity contribution is 7.91. The Kier molecular flexibility index (Phi) is 4.98. The van der Waals surface area contributed by atoms with Crippen molar-refractivity contribution < 1.29 is 8.42 Å². The number of hydrogen-bond acceptors (Lipinski definition) is 3. The molecule has 1 aromatic rings. The van der Waals surface area contributed by atoms with Crippen LogP contribution in [0.5, 0.6) is 0 Å². The van der Waals surface area contributed by atoms with Crippen LogP contribution in [0.4, 0.5) is 0 Å². The number of rotatable bonds is 5. The monoisotopic (exact) mass is 271 g/mol. The van der Waals surface area contributed by atoms with E-state index in [0.29, 0.717) is 17.0 Å². The summed E-state index contributed by atoms with van der Waals surface area (Å²) in [6, 6.07) is 8.78. The van der Waals surface area contributed by atoms with Crippen molar-refractivity contribution in [3.63, 3.8) is 0 Å². The smallest absolute Gasteiger partial charge is 0.158 e.